The van der Waals surface area contributed by atoms with Gasteiger partial charge < -0.3 is 4.57 Å². The van der Waals surface area contributed by atoms with Gasteiger partial charge in [0.05, 0.1) is 29.0 Å². The van der Waals surface area contributed by atoms with Crippen molar-refractivity contribution in [2.24, 2.45) is 0 Å². The second-order valence-electron chi connectivity index (χ2n) is 14.5. The molecule has 1 aliphatic carbocycles. The van der Waals surface area contributed by atoms with Crippen LogP contribution in [0, 0.1) is 6.57 Å². The summed E-state index contributed by atoms with van der Waals surface area (Å²) < 4.78 is 2.40. The van der Waals surface area contributed by atoms with E-state index >= 15 is 0 Å². The van der Waals surface area contributed by atoms with Gasteiger partial charge in [-0.25, -0.2) is 14.8 Å². The zero-order chi connectivity index (χ0) is 36.4. The van der Waals surface area contributed by atoms with Crippen molar-refractivity contribution in [2.75, 3.05) is 0 Å². The van der Waals surface area contributed by atoms with Gasteiger partial charge in [0, 0.05) is 38.6 Å². The van der Waals surface area contributed by atoms with Crippen LogP contribution in [-0.2, 0) is 5.41 Å². The Labute approximate surface area is 314 Å². The van der Waals surface area contributed by atoms with Gasteiger partial charge in [0.2, 0.25) is 0 Å². The van der Waals surface area contributed by atoms with Crippen molar-refractivity contribution < 1.29 is 0 Å². The molecule has 2 aromatic heterocycles. The summed E-state index contributed by atoms with van der Waals surface area (Å²) in [7, 11) is 0. The molecule has 0 unspecified atom stereocenters. The average Bonchev–Trinajstić information content (AvgIpc) is 3.68. The van der Waals surface area contributed by atoms with E-state index in [4.69, 9.17) is 16.5 Å². The lowest BCUT2D eigenvalue weighted by molar-refractivity contribution is 0.661. The van der Waals surface area contributed by atoms with Crippen molar-refractivity contribution in [3.05, 3.63) is 192 Å². The topological polar surface area (TPSA) is 35.1 Å². The molecule has 2 heterocycles. The molecule has 7 aromatic carbocycles. The number of hydrogen-bond acceptors (Lipinski definition) is 2. The summed E-state index contributed by atoms with van der Waals surface area (Å²) >= 11 is 0. The zero-order valence-corrected chi connectivity index (χ0v) is 30.0. The fraction of sp³-hybridized carbons (Fsp3) is 0.0600. The van der Waals surface area contributed by atoms with Crippen LogP contribution >= 0.6 is 0 Å². The van der Waals surface area contributed by atoms with E-state index in [0.717, 1.165) is 55.9 Å². The number of hydrogen-bond donors (Lipinski definition) is 0. The minimum atomic E-state index is -0.147. The quantitative estimate of drug-likeness (QED) is 0.169. The van der Waals surface area contributed by atoms with Crippen LogP contribution in [0.2, 0.25) is 0 Å². The monoisotopic (exact) mass is 690 g/mol. The van der Waals surface area contributed by atoms with Crippen molar-refractivity contribution in [2.45, 2.75) is 19.3 Å². The molecule has 54 heavy (non-hydrogen) atoms. The highest BCUT2D eigenvalue weighted by Gasteiger charge is 2.36. The van der Waals surface area contributed by atoms with Crippen LogP contribution in [-0.4, -0.2) is 14.5 Å². The van der Waals surface area contributed by atoms with Gasteiger partial charge in [-0.15, -0.1) is 0 Å². The Kier molecular flexibility index (Phi) is 7.18. The molecule has 1 aliphatic rings. The van der Waals surface area contributed by atoms with Crippen LogP contribution in [0.1, 0.15) is 25.0 Å². The smallest absolute Gasteiger partial charge is 0.194 e. The molecule has 0 aliphatic heterocycles. The third-order valence-electron chi connectivity index (χ3n) is 11.0. The third-order valence-corrected chi connectivity index (χ3v) is 11.0. The Morgan fingerprint density at radius 2 is 1.11 bits per heavy atom. The van der Waals surface area contributed by atoms with Gasteiger partial charge in [0.15, 0.2) is 11.5 Å². The molecule has 0 spiro atoms. The van der Waals surface area contributed by atoms with Crippen LogP contribution in [0.4, 0.5) is 5.69 Å². The molecule has 10 rings (SSSR count). The van der Waals surface area contributed by atoms with Crippen molar-refractivity contribution in [1.82, 2.24) is 14.5 Å². The van der Waals surface area contributed by atoms with Crippen LogP contribution in [0.25, 0.3) is 88.5 Å². The van der Waals surface area contributed by atoms with Crippen LogP contribution < -0.4 is 0 Å². The van der Waals surface area contributed by atoms with Crippen molar-refractivity contribution in [1.29, 1.82) is 0 Å². The standard InChI is InChI=1S/C50H34N4/c1-50(2)42-23-13-10-21-38(42)40-29-41-39-22-12-15-25-47(39)54(48(41)30-43(40)50)36-27-34(37-20-11-14-24-44(37)51-3)26-35(28-36)46-31-45(32-16-6-4-7-17-32)52-49(53-46)33-18-8-5-9-19-33/h4-31H,1-2H3. The molecule has 0 N–H and O–H groups in total. The van der Waals surface area contributed by atoms with Gasteiger partial charge in [0.25, 0.3) is 0 Å². The predicted molar refractivity (Wildman–Crippen MR) is 222 cm³/mol. The summed E-state index contributed by atoms with van der Waals surface area (Å²) in [5.74, 6) is 0.662. The summed E-state index contributed by atoms with van der Waals surface area (Å²) in [6, 6.07) is 59.4. The van der Waals surface area contributed by atoms with Gasteiger partial charge in [-0.3, -0.25) is 0 Å². The second kappa shape index (κ2) is 12.3. The number of fused-ring (bicyclic) bond motifs is 6. The van der Waals surface area contributed by atoms with Gasteiger partial charge >= 0.3 is 0 Å². The zero-order valence-electron chi connectivity index (χ0n) is 30.0. The summed E-state index contributed by atoms with van der Waals surface area (Å²) in [5.41, 5.74) is 15.4. The van der Waals surface area contributed by atoms with E-state index in [0.29, 0.717) is 11.5 Å². The van der Waals surface area contributed by atoms with Gasteiger partial charge in [-0.2, -0.15) is 0 Å². The minimum Gasteiger partial charge on any atom is -0.309 e. The maximum absolute atomic E-state index is 8.07. The van der Waals surface area contributed by atoms with Crippen LogP contribution in [0.5, 0.6) is 0 Å². The summed E-state index contributed by atoms with van der Waals surface area (Å²) in [6.07, 6.45) is 0. The number of para-hydroxylation sites is 2. The number of aromatic nitrogens is 3. The fourth-order valence-electron chi connectivity index (χ4n) is 8.37. The molecule has 4 heteroatoms. The first-order valence-corrected chi connectivity index (χ1v) is 18.3. The van der Waals surface area contributed by atoms with E-state index in [1.807, 2.05) is 60.7 Å². The molecule has 0 radical (unpaired) electrons. The molecular weight excluding hydrogens is 657 g/mol. The Morgan fingerprint density at radius 1 is 0.481 bits per heavy atom. The Balaban J connectivity index is 1.28. The molecule has 0 bridgehead atoms. The van der Waals surface area contributed by atoms with E-state index in [9.17, 15) is 0 Å². The van der Waals surface area contributed by atoms with Gasteiger partial charge in [-0.05, 0) is 75.8 Å². The molecule has 0 fully saturated rings. The lowest BCUT2D eigenvalue weighted by Crippen LogP contribution is -2.15. The van der Waals surface area contributed by atoms with E-state index in [-0.39, 0.29) is 5.41 Å². The molecule has 0 amide bonds. The summed E-state index contributed by atoms with van der Waals surface area (Å²) in [4.78, 5) is 14.2. The fourth-order valence-corrected chi connectivity index (χ4v) is 8.37. The summed E-state index contributed by atoms with van der Waals surface area (Å²) in [5, 5.41) is 2.41. The maximum atomic E-state index is 8.07. The molecular formula is C50H34N4. The van der Waals surface area contributed by atoms with Gasteiger partial charge in [-0.1, -0.05) is 141 Å². The Bertz CT molecular complexity index is 2910. The molecule has 254 valence electrons. The Hall–Kier alpha value is -7.09. The van der Waals surface area contributed by atoms with Crippen LogP contribution in [0.3, 0.4) is 0 Å². The highest BCUT2D eigenvalue weighted by Crippen LogP contribution is 2.51. The van der Waals surface area contributed by atoms with E-state index < -0.39 is 0 Å². The Morgan fingerprint density at radius 3 is 1.89 bits per heavy atom. The first-order chi connectivity index (χ1) is 26.5. The third kappa shape index (κ3) is 4.98. The maximum Gasteiger partial charge on any atom is 0.194 e. The number of nitrogens with zero attached hydrogens (tertiary/aromatic N) is 4. The normalized spacial score (nSPS) is 12.8. The van der Waals surface area contributed by atoms with Gasteiger partial charge in [0.1, 0.15) is 0 Å². The van der Waals surface area contributed by atoms with Crippen molar-refractivity contribution in [3.8, 4) is 61.8 Å². The first-order valence-electron chi connectivity index (χ1n) is 18.3. The van der Waals surface area contributed by atoms with E-state index in [2.05, 4.69) is 132 Å². The summed E-state index contributed by atoms with van der Waals surface area (Å²) in [6.45, 7) is 12.7. The van der Waals surface area contributed by atoms with Crippen molar-refractivity contribution >= 4 is 27.5 Å². The highest BCUT2D eigenvalue weighted by atomic mass is 15.0. The average molecular weight is 691 g/mol. The predicted octanol–water partition coefficient (Wildman–Crippen LogP) is 13.1. The number of benzene rings is 7. The van der Waals surface area contributed by atoms with Crippen LogP contribution in [0.15, 0.2) is 170 Å². The lowest BCUT2D eigenvalue weighted by Gasteiger charge is -2.22. The molecule has 0 saturated heterocycles. The van der Waals surface area contributed by atoms with E-state index in [1.54, 1.807) is 0 Å². The lowest BCUT2D eigenvalue weighted by atomic mass is 9.82. The van der Waals surface area contributed by atoms with Crippen molar-refractivity contribution in [3.63, 3.8) is 0 Å². The molecule has 0 atom stereocenters. The molecule has 0 saturated carbocycles. The largest absolute Gasteiger partial charge is 0.309 e. The second-order valence-corrected chi connectivity index (χ2v) is 14.5. The molecule has 4 nitrogen and oxygen atoms in total. The molecule has 9 aromatic rings. The van der Waals surface area contributed by atoms with E-state index in [1.165, 1.54) is 33.0 Å². The minimum absolute atomic E-state index is 0.147. The number of rotatable bonds is 5. The first kappa shape index (κ1) is 31.6. The SMILES string of the molecule is [C-]#[N+]c1ccccc1-c1cc(-c2cc(-c3ccccc3)nc(-c3ccccc3)n2)cc(-n2c3ccccc3c3cc4c(cc32)C(C)(C)c2ccccc2-4)c1. The highest BCUT2D eigenvalue weighted by molar-refractivity contribution is 6.12.